The molecule has 3 rings (SSSR count). The van der Waals surface area contributed by atoms with Crippen LogP contribution in [0, 0.1) is 17.2 Å². The van der Waals surface area contributed by atoms with Gasteiger partial charge in [0.2, 0.25) is 0 Å². The number of nitrogens with zero attached hydrogens (tertiary/aromatic N) is 1. The van der Waals surface area contributed by atoms with Crippen molar-refractivity contribution in [1.29, 1.82) is 5.26 Å². The van der Waals surface area contributed by atoms with Crippen LogP contribution in [0.5, 0.6) is 5.75 Å². The van der Waals surface area contributed by atoms with Gasteiger partial charge >= 0.3 is 0 Å². The highest BCUT2D eigenvalue weighted by Crippen LogP contribution is 2.33. The monoisotopic (exact) mass is 292 g/mol. The average molecular weight is 292 g/mol. The van der Waals surface area contributed by atoms with Crippen LogP contribution in [0.25, 0.3) is 0 Å². The maximum atomic E-state index is 9.05. The average Bonchev–Trinajstić information content (AvgIpc) is 2.61. The number of rotatable bonds is 4. The van der Waals surface area contributed by atoms with Gasteiger partial charge in [0, 0.05) is 5.92 Å². The fraction of sp³-hybridized carbons (Fsp3) is 0.316. The van der Waals surface area contributed by atoms with E-state index in [1.54, 1.807) is 6.07 Å². The van der Waals surface area contributed by atoms with E-state index in [-0.39, 0.29) is 6.10 Å². The summed E-state index contributed by atoms with van der Waals surface area (Å²) in [4.78, 5) is 0. The smallest absolute Gasteiger partial charge is 0.127 e. The van der Waals surface area contributed by atoms with Crippen molar-refractivity contribution >= 4 is 0 Å². The Morgan fingerprint density at radius 1 is 1.05 bits per heavy atom. The van der Waals surface area contributed by atoms with Gasteiger partial charge in [-0.05, 0) is 49.7 Å². The molecule has 1 N–H and O–H groups in total. The number of nitrogens with one attached hydrogen (secondary N) is 1. The summed E-state index contributed by atoms with van der Waals surface area (Å²) < 4.78 is 6.30. The molecule has 0 spiro atoms. The van der Waals surface area contributed by atoms with E-state index in [2.05, 4.69) is 35.7 Å². The van der Waals surface area contributed by atoms with E-state index in [9.17, 15) is 0 Å². The number of hydrogen-bond donors (Lipinski definition) is 1. The summed E-state index contributed by atoms with van der Waals surface area (Å²) in [6.45, 7) is 2.07. The molecule has 0 saturated carbocycles. The van der Waals surface area contributed by atoms with Crippen LogP contribution in [-0.4, -0.2) is 13.1 Å². The number of benzene rings is 2. The lowest BCUT2D eigenvalue weighted by molar-refractivity contribution is 0.112. The Morgan fingerprint density at radius 3 is 2.55 bits per heavy atom. The molecule has 2 aromatic carbocycles. The maximum Gasteiger partial charge on any atom is 0.127 e. The summed E-state index contributed by atoms with van der Waals surface area (Å²) in [6.07, 6.45) is 2.26. The molecule has 22 heavy (non-hydrogen) atoms. The van der Waals surface area contributed by atoms with E-state index >= 15 is 0 Å². The van der Waals surface area contributed by atoms with Crippen molar-refractivity contribution in [3.63, 3.8) is 0 Å². The zero-order valence-corrected chi connectivity index (χ0v) is 12.5. The first-order valence-electron chi connectivity index (χ1n) is 7.79. The number of piperidine rings is 1. The first kappa shape index (κ1) is 14.6. The van der Waals surface area contributed by atoms with Crippen LogP contribution in [0.3, 0.4) is 0 Å². The molecule has 112 valence electrons. The standard InChI is InChI=1S/C19H20N2O/c20-14-15-5-4-8-18(13-15)22-19(16-6-2-1-3-7-16)17-9-11-21-12-10-17/h1-8,13,17,19,21H,9-12H2/t19-/m1/s1. The molecule has 0 aliphatic carbocycles. The molecule has 3 nitrogen and oxygen atoms in total. The lowest BCUT2D eigenvalue weighted by Gasteiger charge is -2.31. The second kappa shape index (κ2) is 7.11. The van der Waals surface area contributed by atoms with E-state index in [1.807, 2.05) is 24.3 Å². The largest absolute Gasteiger partial charge is 0.485 e. The minimum Gasteiger partial charge on any atom is -0.485 e. The molecular weight excluding hydrogens is 272 g/mol. The Balaban J connectivity index is 1.86. The molecule has 3 heteroatoms. The van der Waals surface area contributed by atoms with Crippen molar-refractivity contribution in [3.8, 4) is 11.8 Å². The SMILES string of the molecule is N#Cc1cccc(O[C@H](c2ccccc2)C2CCNCC2)c1. The summed E-state index contributed by atoms with van der Waals surface area (Å²) in [7, 11) is 0. The van der Waals surface area contributed by atoms with Crippen LogP contribution in [0.15, 0.2) is 54.6 Å². The van der Waals surface area contributed by atoms with Gasteiger partial charge in [-0.2, -0.15) is 5.26 Å². The van der Waals surface area contributed by atoms with Gasteiger partial charge in [0.1, 0.15) is 11.9 Å². The Hall–Kier alpha value is -2.31. The molecule has 1 fully saturated rings. The molecule has 1 aliphatic heterocycles. The fourth-order valence-electron chi connectivity index (χ4n) is 3.01. The molecule has 0 bridgehead atoms. The van der Waals surface area contributed by atoms with Crippen molar-refractivity contribution in [3.05, 3.63) is 65.7 Å². The van der Waals surface area contributed by atoms with Crippen molar-refractivity contribution < 1.29 is 4.74 Å². The predicted molar refractivity (Wildman–Crippen MR) is 86.6 cm³/mol. The highest BCUT2D eigenvalue weighted by atomic mass is 16.5. The van der Waals surface area contributed by atoms with E-state index < -0.39 is 0 Å². The van der Waals surface area contributed by atoms with Gasteiger partial charge in [-0.1, -0.05) is 36.4 Å². The lowest BCUT2D eigenvalue weighted by Crippen LogP contribution is -2.32. The summed E-state index contributed by atoms with van der Waals surface area (Å²) >= 11 is 0. The predicted octanol–water partition coefficient (Wildman–Crippen LogP) is 3.68. The Bertz CT molecular complexity index is 642. The lowest BCUT2D eigenvalue weighted by atomic mass is 9.88. The van der Waals surface area contributed by atoms with Gasteiger partial charge in [-0.3, -0.25) is 0 Å². The number of ether oxygens (including phenoxy) is 1. The fourth-order valence-corrected chi connectivity index (χ4v) is 3.01. The molecule has 1 heterocycles. The van der Waals surface area contributed by atoms with Crippen LogP contribution < -0.4 is 10.1 Å². The molecular formula is C19H20N2O. The summed E-state index contributed by atoms with van der Waals surface area (Å²) in [5.74, 6) is 1.26. The molecule has 1 atom stereocenters. The third-order valence-electron chi connectivity index (χ3n) is 4.17. The Morgan fingerprint density at radius 2 is 1.82 bits per heavy atom. The molecule has 0 amide bonds. The van der Waals surface area contributed by atoms with Crippen LogP contribution in [0.4, 0.5) is 0 Å². The van der Waals surface area contributed by atoms with Crippen LogP contribution >= 0.6 is 0 Å². The number of hydrogen-bond acceptors (Lipinski definition) is 3. The second-order valence-electron chi connectivity index (χ2n) is 5.68. The van der Waals surface area contributed by atoms with Gasteiger partial charge in [-0.15, -0.1) is 0 Å². The van der Waals surface area contributed by atoms with E-state index in [4.69, 9.17) is 10.00 Å². The normalized spacial score (nSPS) is 16.7. The van der Waals surface area contributed by atoms with E-state index in [0.29, 0.717) is 11.5 Å². The first-order chi connectivity index (χ1) is 10.9. The third-order valence-corrected chi connectivity index (χ3v) is 4.17. The molecule has 0 radical (unpaired) electrons. The Labute approximate surface area is 131 Å². The highest BCUT2D eigenvalue weighted by molar-refractivity contribution is 5.36. The zero-order chi connectivity index (χ0) is 15.2. The van der Waals surface area contributed by atoms with Crippen molar-refractivity contribution in [2.45, 2.75) is 18.9 Å². The van der Waals surface area contributed by atoms with Gasteiger partial charge in [0.15, 0.2) is 0 Å². The quantitative estimate of drug-likeness (QED) is 0.935. The van der Waals surface area contributed by atoms with Crippen LogP contribution in [-0.2, 0) is 0 Å². The summed E-state index contributed by atoms with van der Waals surface area (Å²) in [5.41, 5.74) is 1.84. The number of nitriles is 1. The molecule has 0 unspecified atom stereocenters. The first-order valence-corrected chi connectivity index (χ1v) is 7.79. The van der Waals surface area contributed by atoms with Gasteiger partial charge in [0.25, 0.3) is 0 Å². The topological polar surface area (TPSA) is 45.0 Å². The van der Waals surface area contributed by atoms with Crippen LogP contribution in [0.1, 0.15) is 30.1 Å². The third kappa shape index (κ3) is 3.47. The van der Waals surface area contributed by atoms with E-state index in [1.165, 1.54) is 5.56 Å². The van der Waals surface area contributed by atoms with Gasteiger partial charge in [0.05, 0.1) is 11.6 Å². The van der Waals surface area contributed by atoms with Crippen molar-refractivity contribution in [2.75, 3.05) is 13.1 Å². The van der Waals surface area contributed by atoms with E-state index in [0.717, 1.165) is 31.7 Å². The zero-order valence-electron chi connectivity index (χ0n) is 12.5. The molecule has 2 aromatic rings. The van der Waals surface area contributed by atoms with Crippen molar-refractivity contribution in [1.82, 2.24) is 5.32 Å². The van der Waals surface area contributed by atoms with Gasteiger partial charge < -0.3 is 10.1 Å². The molecule has 0 aromatic heterocycles. The molecule has 1 saturated heterocycles. The summed E-state index contributed by atoms with van der Waals surface area (Å²) in [6, 6.07) is 20.0. The minimum atomic E-state index is 0.0391. The minimum absolute atomic E-state index is 0.0391. The summed E-state index contributed by atoms with van der Waals surface area (Å²) in [5, 5.41) is 12.5. The Kier molecular flexibility index (Phi) is 4.72. The molecule has 1 aliphatic rings. The highest BCUT2D eigenvalue weighted by Gasteiger charge is 2.26. The second-order valence-corrected chi connectivity index (χ2v) is 5.68. The van der Waals surface area contributed by atoms with Crippen molar-refractivity contribution in [2.24, 2.45) is 5.92 Å². The van der Waals surface area contributed by atoms with Gasteiger partial charge in [-0.25, -0.2) is 0 Å². The maximum absolute atomic E-state index is 9.05. The van der Waals surface area contributed by atoms with Crippen LogP contribution in [0.2, 0.25) is 0 Å².